The zero-order valence-corrected chi connectivity index (χ0v) is 12.9. The molecule has 1 saturated carbocycles. The number of hydrogen-bond acceptors (Lipinski definition) is 2. The Morgan fingerprint density at radius 2 is 1.72 bits per heavy atom. The van der Waals surface area contributed by atoms with Crippen molar-refractivity contribution in [2.45, 2.75) is 90.1 Å². The number of nitrogens with zero attached hydrogens (tertiary/aromatic N) is 1. The maximum atomic E-state index is 6.23. The van der Waals surface area contributed by atoms with Crippen LogP contribution in [0.1, 0.15) is 78.6 Å². The van der Waals surface area contributed by atoms with Crippen LogP contribution in [0.3, 0.4) is 0 Å². The fraction of sp³-hybridized carbons (Fsp3) is 1.00. The van der Waals surface area contributed by atoms with Crippen LogP contribution in [-0.2, 0) is 0 Å². The van der Waals surface area contributed by atoms with Gasteiger partial charge in [0.15, 0.2) is 0 Å². The molecule has 1 unspecified atom stereocenters. The van der Waals surface area contributed by atoms with E-state index in [0.717, 1.165) is 6.54 Å². The molecule has 0 aromatic carbocycles. The summed E-state index contributed by atoms with van der Waals surface area (Å²) in [6.45, 7) is 9.07. The molecule has 1 rings (SSSR count). The number of rotatable bonds is 7. The molecule has 2 nitrogen and oxygen atoms in total. The Bertz CT molecular complexity index is 207. The second-order valence-electron chi connectivity index (χ2n) is 6.15. The molecule has 0 aliphatic heterocycles. The SMILES string of the molecule is CCCCN(C(C)CC)C1(CN)CCCCCC1. The Labute approximate surface area is 114 Å². The lowest BCUT2D eigenvalue weighted by atomic mass is 9.86. The predicted octanol–water partition coefficient (Wildman–Crippen LogP) is 3.94. The first kappa shape index (κ1) is 16.0. The van der Waals surface area contributed by atoms with Gasteiger partial charge in [0.2, 0.25) is 0 Å². The quantitative estimate of drug-likeness (QED) is 0.697. The van der Waals surface area contributed by atoms with E-state index in [0.29, 0.717) is 11.6 Å². The highest BCUT2D eigenvalue weighted by Crippen LogP contribution is 2.34. The Morgan fingerprint density at radius 3 is 2.17 bits per heavy atom. The summed E-state index contributed by atoms with van der Waals surface area (Å²) in [6, 6.07) is 0.679. The van der Waals surface area contributed by atoms with Gasteiger partial charge in [0.05, 0.1) is 0 Å². The third-order valence-electron chi connectivity index (χ3n) is 4.90. The van der Waals surface area contributed by atoms with Crippen molar-refractivity contribution in [3.8, 4) is 0 Å². The van der Waals surface area contributed by atoms with E-state index in [9.17, 15) is 0 Å². The van der Waals surface area contributed by atoms with Gasteiger partial charge in [-0.3, -0.25) is 4.90 Å². The summed E-state index contributed by atoms with van der Waals surface area (Å²) in [5, 5.41) is 0. The van der Waals surface area contributed by atoms with Gasteiger partial charge in [-0.2, -0.15) is 0 Å². The van der Waals surface area contributed by atoms with Gasteiger partial charge in [0.25, 0.3) is 0 Å². The van der Waals surface area contributed by atoms with Crippen LogP contribution in [-0.4, -0.2) is 29.6 Å². The molecule has 0 spiro atoms. The van der Waals surface area contributed by atoms with Crippen molar-refractivity contribution in [1.82, 2.24) is 4.90 Å². The molecule has 2 heteroatoms. The second kappa shape index (κ2) is 8.16. The van der Waals surface area contributed by atoms with Crippen LogP contribution in [0.15, 0.2) is 0 Å². The summed E-state index contributed by atoms with van der Waals surface area (Å²) >= 11 is 0. The molecule has 1 fully saturated rings. The fourth-order valence-corrected chi connectivity index (χ4v) is 3.47. The number of unbranched alkanes of at least 4 members (excludes halogenated alkanes) is 1. The van der Waals surface area contributed by atoms with Gasteiger partial charge in [-0.1, -0.05) is 46.0 Å². The summed E-state index contributed by atoms with van der Waals surface area (Å²) in [7, 11) is 0. The van der Waals surface area contributed by atoms with Crippen molar-refractivity contribution in [1.29, 1.82) is 0 Å². The smallest absolute Gasteiger partial charge is 0.0334 e. The van der Waals surface area contributed by atoms with Crippen LogP contribution in [0.25, 0.3) is 0 Å². The van der Waals surface area contributed by atoms with Crippen molar-refractivity contribution < 1.29 is 0 Å². The van der Waals surface area contributed by atoms with Crippen LogP contribution in [0.2, 0.25) is 0 Å². The lowest BCUT2D eigenvalue weighted by Gasteiger charge is -2.46. The molecule has 0 aromatic heterocycles. The zero-order valence-electron chi connectivity index (χ0n) is 12.9. The van der Waals surface area contributed by atoms with Gasteiger partial charge < -0.3 is 5.73 Å². The zero-order chi connectivity index (χ0) is 13.4. The van der Waals surface area contributed by atoms with E-state index >= 15 is 0 Å². The number of hydrogen-bond donors (Lipinski definition) is 1. The standard InChI is InChI=1S/C16H34N2/c1-4-6-13-18(15(3)5-2)16(14-17)11-9-7-8-10-12-16/h15H,4-14,17H2,1-3H3. The van der Waals surface area contributed by atoms with Crippen LogP contribution in [0, 0.1) is 0 Å². The van der Waals surface area contributed by atoms with Crippen molar-refractivity contribution in [3.63, 3.8) is 0 Å². The molecule has 0 radical (unpaired) electrons. The summed E-state index contributed by atoms with van der Waals surface area (Å²) < 4.78 is 0. The Hall–Kier alpha value is -0.0800. The summed E-state index contributed by atoms with van der Waals surface area (Å²) in [5.41, 5.74) is 6.54. The van der Waals surface area contributed by atoms with Gasteiger partial charge in [-0.15, -0.1) is 0 Å². The van der Waals surface area contributed by atoms with E-state index in [1.807, 2.05) is 0 Å². The lowest BCUT2D eigenvalue weighted by Crippen LogP contribution is -2.57. The Morgan fingerprint density at radius 1 is 1.11 bits per heavy atom. The first-order valence-electron chi connectivity index (χ1n) is 8.17. The molecule has 1 aliphatic carbocycles. The Kier molecular flexibility index (Phi) is 7.25. The van der Waals surface area contributed by atoms with Crippen molar-refractivity contribution in [2.24, 2.45) is 5.73 Å². The first-order chi connectivity index (χ1) is 8.70. The van der Waals surface area contributed by atoms with Gasteiger partial charge in [-0.05, 0) is 39.2 Å². The second-order valence-corrected chi connectivity index (χ2v) is 6.15. The normalized spacial score (nSPS) is 21.8. The van der Waals surface area contributed by atoms with E-state index in [2.05, 4.69) is 25.7 Å². The molecule has 0 heterocycles. The van der Waals surface area contributed by atoms with E-state index in [1.54, 1.807) is 0 Å². The third-order valence-corrected chi connectivity index (χ3v) is 4.90. The average Bonchev–Trinajstić information content (AvgIpc) is 2.65. The summed E-state index contributed by atoms with van der Waals surface area (Å²) in [5.74, 6) is 0. The highest BCUT2D eigenvalue weighted by Gasteiger charge is 2.37. The van der Waals surface area contributed by atoms with E-state index in [4.69, 9.17) is 5.73 Å². The predicted molar refractivity (Wildman–Crippen MR) is 80.9 cm³/mol. The molecule has 2 N–H and O–H groups in total. The van der Waals surface area contributed by atoms with E-state index < -0.39 is 0 Å². The maximum Gasteiger partial charge on any atom is 0.0334 e. The van der Waals surface area contributed by atoms with Crippen LogP contribution < -0.4 is 5.73 Å². The lowest BCUT2D eigenvalue weighted by molar-refractivity contribution is 0.0381. The van der Waals surface area contributed by atoms with Gasteiger partial charge >= 0.3 is 0 Å². The summed E-state index contributed by atoms with van der Waals surface area (Å²) in [6.07, 6.45) is 12.0. The highest BCUT2D eigenvalue weighted by molar-refractivity contribution is 4.95. The molecule has 1 aliphatic rings. The minimum atomic E-state index is 0.307. The van der Waals surface area contributed by atoms with Crippen LogP contribution in [0.5, 0.6) is 0 Å². The minimum Gasteiger partial charge on any atom is -0.329 e. The highest BCUT2D eigenvalue weighted by atomic mass is 15.2. The van der Waals surface area contributed by atoms with E-state index in [1.165, 1.54) is 64.3 Å². The average molecular weight is 254 g/mol. The molecule has 0 aromatic rings. The molecule has 0 amide bonds. The molecule has 1 atom stereocenters. The van der Waals surface area contributed by atoms with Crippen molar-refractivity contribution in [3.05, 3.63) is 0 Å². The molecule has 0 bridgehead atoms. The van der Waals surface area contributed by atoms with Crippen molar-refractivity contribution >= 4 is 0 Å². The molecular weight excluding hydrogens is 220 g/mol. The van der Waals surface area contributed by atoms with E-state index in [-0.39, 0.29) is 0 Å². The van der Waals surface area contributed by atoms with Gasteiger partial charge in [0, 0.05) is 18.1 Å². The first-order valence-corrected chi connectivity index (χ1v) is 8.17. The van der Waals surface area contributed by atoms with Crippen molar-refractivity contribution in [2.75, 3.05) is 13.1 Å². The van der Waals surface area contributed by atoms with Crippen LogP contribution >= 0.6 is 0 Å². The molecule has 18 heavy (non-hydrogen) atoms. The topological polar surface area (TPSA) is 29.3 Å². The molecule has 0 saturated heterocycles. The monoisotopic (exact) mass is 254 g/mol. The Balaban J connectivity index is 2.81. The molecule has 108 valence electrons. The summed E-state index contributed by atoms with van der Waals surface area (Å²) in [4.78, 5) is 2.77. The number of nitrogens with two attached hydrogens (primary N) is 1. The van der Waals surface area contributed by atoms with Crippen LogP contribution in [0.4, 0.5) is 0 Å². The molecular formula is C16H34N2. The van der Waals surface area contributed by atoms with Gasteiger partial charge in [-0.25, -0.2) is 0 Å². The minimum absolute atomic E-state index is 0.307. The maximum absolute atomic E-state index is 6.23. The third kappa shape index (κ3) is 3.96. The largest absolute Gasteiger partial charge is 0.329 e. The fourth-order valence-electron chi connectivity index (χ4n) is 3.47. The van der Waals surface area contributed by atoms with Gasteiger partial charge in [0.1, 0.15) is 0 Å².